The van der Waals surface area contributed by atoms with E-state index in [0.717, 1.165) is 27.0 Å². The van der Waals surface area contributed by atoms with E-state index in [2.05, 4.69) is 5.32 Å². The molecule has 0 bridgehead atoms. The van der Waals surface area contributed by atoms with Gasteiger partial charge in [-0.1, -0.05) is 18.2 Å². The SMILES string of the molecule is CNC(=O)C(C(=O)CO)N(C)C(=O)c1ccc(-c2ccc3occc3c2)cc1. The number of Topliss-reactive ketones (excluding diaryl/α,β-unsaturated/α-hetero) is 1. The fourth-order valence-electron chi connectivity index (χ4n) is 3.03. The number of nitrogens with one attached hydrogen (secondary N) is 1. The fourth-order valence-corrected chi connectivity index (χ4v) is 3.03. The van der Waals surface area contributed by atoms with Gasteiger partial charge in [-0.2, -0.15) is 0 Å². The predicted octanol–water partition coefficient (Wildman–Crippen LogP) is 1.85. The number of ketones is 1. The standard InChI is InChI=1S/C21H20N2O5/c1-22-20(26)19(17(25)12-24)23(2)21(27)14-5-3-13(4-6-14)15-7-8-18-16(11-15)9-10-28-18/h3-11,19,24H,12H2,1-2H3,(H,22,26). The Labute approximate surface area is 161 Å². The van der Waals surface area contributed by atoms with Crippen molar-refractivity contribution in [3.05, 3.63) is 60.4 Å². The summed E-state index contributed by atoms with van der Waals surface area (Å²) in [6.07, 6.45) is 1.63. The van der Waals surface area contributed by atoms with E-state index < -0.39 is 30.2 Å². The van der Waals surface area contributed by atoms with Gasteiger partial charge in [-0.15, -0.1) is 0 Å². The second kappa shape index (κ2) is 8.06. The number of rotatable bonds is 6. The lowest BCUT2D eigenvalue weighted by Crippen LogP contribution is -2.52. The van der Waals surface area contributed by atoms with Gasteiger partial charge >= 0.3 is 0 Å². The first-order chi connectivity index (χ1) is 13.5. The van der Waals surface area contributed by atoms with Crippen molar-refractivity contribution < 1.29 is 23.9 Å². The van der Waals surface area contributed by atoms with Crippen LogP contribution in [0.15, 0.2) is 59.2 Å². The van der Waals surface area contributed by atoms with Gasteiger partial charge in [0.25, 0.3) is 5.91 Å². The van der Waals surface area contributed by atoms with Crippen LogP contribution in [0.25, 0.3) is 22.1 Å². The number of likely N-dealkylation sites (N-methyl/N-ethyl adjacent to an activating group) is 2. The van der Waals surface area contributed by atoms with Crippen molar-refractivity contribution in [2.45, 2.75) is 6.04 Å². The molecule has 7 heteroatoms. The van der Waals surface area contributed by atoms with Gasteiger partial charge in [0.15, 0.2) is 11.8 Å². The van der Waals surface area contributed by atoms with E-state index in [4.69, 9.17) is 9.52 Å². The van der Waals surface area contributed by atoms with Crippen LogP contribution in [0, 0.1) is 0 Å². The highest BCUT2D eigenvalue weighted by atomic mass is 16.3. The zero-order valence-electron chi connectivity index (χ0n) is 15.5. The molecule has 0 aliphatic carbocycles. The minimum atomic E-state index is -1.38. The van der Waals surface area contributed by atoms with Gasteiger partial charge in [0, 0.05) is 25.0 Å². The predicted molar refractivity (Wildman–Crippen MR) is 104 cm³/mol. The van der Waals surface area contributed by atoms with Gasteiger partial charge in [-0.05, 0) is 41.5 Å². The van der Waals surface area contributed by atoms with E-state index in [1.165, 1.54) is 14.1 Å². The summed E-state index contributed by atoms with van der Waals surface area (Å²) >= 11 is 0. The van der Waals surface area contributed by atoms with Gasteiger partial charge in [0.1, 0.15) is 12.2 Å². The third-order valence-corrected chi connectivity index (χ3v) is 4.58. The third kappa shape index (κ3) is 3.65. The summed E-state index contributed by atoms with van der Waals surface area (Å²) in [5.74, 6) is -1.90. The molecule has 0 aliphatic heterocycles. The Morgan fingerprint density at radius 3 is 2.39 bits per heavy atom. The molecule has 28 heavy (non-hydrogen) atoms. The highest BCUT2D eigenvalue weighted by Gasteiger charge is 2.32. The summed E-state index contributed by atoms with van der Waals surface area (Å²) in [6, 6.07) is 13.2. The number of aliphatic hydroxyl groups is 1. The lowest BCUT2D eigenvalue weighted by Gasteiger charge is -2.25. The molecular formula is C21H20N2O5. The Morgan fingerprint density at radius 1 is 1.07 bits per heavy atom. The average Bonchev–Trinajstić information content (AvgIpc) is 3.20. The molecule has 3 aromatic rings. The van der Waals surface area contributed by atoms with Crippen molar-refractivity contribution in [2.24, 2.45) is 0 Å². The maximum absolute atomic E-state index is 12.7. The molecular weight excluding hydrogens is 360 g/mol. The molecule has 7 nitrogen and oxygen atoms in total. The molecule has 2 N–H and O–H groups in total. The molecule has 144 valence electrons. The normalized spacial score (nSPS) is 11.8. The van der Waals surface area contributed by atoms with Crippen LogP contribution in [0.1, 0.15) is 10.4 Å². The van der Waals surface area contributed by atoms with Gasteiger partial charge in [0.05, 0.1) is 6.26 Å². The molecule has 0 saturated carbocycles. The second-order valence-electron chi connectivity index (χ2n) is 6.31. The van der Waals surface area contributed by atoms with Crippen LogP contribution in [-0.4, -0.2) is 54.3 Å². The molecule has 1 heterocycles. The number of fused-ring (bicyclic) bond motifs is 1. The Balaban J connectivity index is 1.84. The number of hydrogen-bond acceptors (Lipinski definition) is 5. The van der Waals surface area contributed by atoms with Gasteiger partial charge < -0.3 is 19.7 Å². The quantitative estimate of drug-likeness (QED) is 0.636. The summed E-state index contributed by atoms with van der Waals surface area (Å²) in [7, 11) is 2.72. The van der Waals surface area contributed by atoms with Gasteiger partial charge in [-0.3, -0.25) is 14.4 Å². The summed E-state index contributed by atoms with van der Waals surface area (Å²) in [5, 5.41) is 12.4. The molecule has 2 amide bonds. The third-order valence-electron chi connectivity index (χ3n) is 4.58. The summed E-state index contributed by atoms with van der Waals surface area (Å²) in [5.41, 5.74) is 3.01. The molecule has 0 saturated heterocycles. The van der Waals surface area contributed by atoms with Crippen LogP contribution in [0.5, 0.6) is 0 Å². The molecule has 1 unspecified atom stereocenters. The first kappa shape index (κ1) is 19.3. The summed E-state index contributed by atoms with van der Waals surface area (Å²) in [6.45, 7) is -0.828. The van der Waals surface area contributed by atoms with Crippen LogP contribution in [-0.2, 0) is 9.59 Å². The zero-order valence-corrected chi connectivity index (χ0v) is 15.5. The number of carbonyl (C=O) groups is 3. The molecule has 0 fully saturated rings. The summed E-state index contributed by atoms with van der Waals surface area (Å²) < 4.78 is 5.34. The van der Waals surface area contributed by atoms with Crippen LogP contribution < -0.4 is 5.32 Å². The fraction of sp³-hybridized carbons (Fsp3) is 0.190. The van der Waals surface area contributed by atoms with Crippen LogP contribution >= 0.6 is 0 Å². The molecule has 1 atom stereocenters. The van der Waals surface area contributed by atoms with Crippen molar-refractivity contribution in [3.8, 4) is 11.1 Å². The highest BCUT2D eigenvalue weighted by molar-refractivity contribution is 6.10. The van der Waals surface area contributed by atoms with E-state index in [9.17, 15) is 14.4 Å². The number of aliphatic hydroxyl groups excluding tert-OH is 1. The van der Waals surface area contributed by atoms with Crippen molar-refractivity contribution in [2.75, 3.05) is 20.7 Å². The van der Waals surface area contributed by atoms with E-state index in [1.807, 2.05) is 24.3 Å². The van der Waals surface area contributed by atoms with Crippen LogP contribution in [0.2, 0.25) is 0 Å². The molecule has 0 aliphatic rings. The average molecular weight is 380 g/mol. The minimum Gasteiger partial charge on any atom is -0.464 e. The largest absolute Gasteiger partial charge is 0.464 e. The molecule has 0 radical (unpaired) electrons. The molecule has 2 aromatic carbocycles. The number of carbonyl (C=O) groups excluding carboxylic acids is 3. The summed E-state index contributed by atoms with van der Waals surface area (Å²) in [4.78, 5) is 37.6. The van der Waals surface area contributed by atoms with Gasteiger partial charge in [0.2, 0.25) is 5.91 Å². The number of hydrogen-bond donors (Lipinski definition) is 2. The zero-order chi connectivity index (χ0) is 20.3. The maximum Gasteiger partial charge on any atom is 0.254 e. The van der Waals surface area contributed by atoms with Crippen LogP contribution in [0.3, 0.4) is 0 Å². The van der Waals surface area contributed by atoms with Crippen molar-refractivity contribution >= 4 is 28.6 Å². The number of furan rings is 1. The van der Waals surface area contributed by atoms with Crippen LogP contribution in [0.4, 0.5) is 0 Å². The lowest BCUT2D eigenvalue weighted by atomic mass is 10.0. The number of nitrogens with zero attached hydrogens (tertiary/aromatic N) is 1. The van der Waals surface area contributed by atoms with Crippen molar-refractivity contribution in [1.82, 2.24) is 10.2 Å². The lowest BCUT2D eigenvalue weighted by molar-refractivity contribution is -0.135. The monoisotopic (exact) mass is 380 g/mol. The topological polar surface area (TPSA) is 99.9 Å². The Hall–Kier alpha value is -3.45. The highest BCUT2D eigenvalue weighted by Crippen LogP contribution is 2.25. The Bertz CT molecular complexity index is 1010. The first-order valence-corrected chi connectivity index (χ1v) is 8.66. The molecule has 3 rings (SSSR count). The Kier molecular flexibility index (Phi) is 5.56. The smallest absolute Gasteiger partial charge is 0.254 e. The minimum absolute atomic E-state index is 0.329. The molecule has 1 aromatic heterocycles. The maximum atomic E-state index is 12.7. The Morgan fingerprint density at radius 2 is 1.75 bits per heavy atom. The number of benzene rings is 2. The second-order valence-corrected chi connectivity index (χ2v) is 6.31. The van der Waals surface area contributed by atoms with E-state index in [-0.39, 0.29) is 0 Å². The van der Waals surface area contributed by atoms with E-state index in [0.29, 0.717) is 5.56 Å². The van der Waals surface area contributed by atoms with E-state index >= 15 is 0 Å². The first-order valence-electron chi connectivity index (χ1n) is 8.66. The van der Waals surface area contributed by atoms with Gasteiger partial charge in [-0.25, -0.2) is 0 Å². The molecule has 0 spiro atoms. The number of amides is 2. The van der Waals surface area contributed by atoms with E-state index in [1.54, 1.807) is 30.5 Å². The van der Waals surface area contributed by atoms with Crippen molar-refractivity contribution in [3.63, 3.8) is 0 Å². The van der Waals surface area contributed by atoms with Crippen molar-refractivity contribution in [1.29, 1.82) is 0 Å².